The molecule has 2 aromatic carbocycles. The van der Waals surface area contributed by atoms with Gasteiger partial charge in [-0.3, -0.25) is 14.5 Å². The number of hydrogen-bond donors (Lipinski definition) is 1. The van der Waals surface area contributed by atoms with Gasteiger partial charge in [0.05, 0.1) is 0 Å². The molecule has 2 aromatic rings. The van der Waals surface area contributed by atoms with Gasteiger partial charge in [-0.2, -0.15) is 0 Å². The quantitative estimate of drug-likeness (QED) is 0.879. The van der Waals surface area contributed by atoms with Crippen molar-refractivity contribution >= 4 is 23.2 Å². The zero-order valence-corrected chi connectivity index (χ0v) is 10.9. The highest BCUT2D eigenvalue weighted by Crippen LogP contribution is 2.26. The van der Waals surface area contributed by atoms with Crippen LogP contribution in [0, 0.1) is 11.6 Å². The number of nitrogens with two attached hydrogens (primary N) is 1. The Balaban J connectivity index is 2.43. The van der Waals surface area contributed by atoms with Crippen LogP contribution in [-0.2, 0) is 9.59 Å². The first-order chi connectivity index (χ1) is 9.97. The van der Waals surface area contributed by atoms with Crippen LogP contribution >= 0.6 is 0 Å². The predicted molar refractivity (Wildman–Crippen MR) is 73.8 cm³/mol. The van der Waals surface area contributed by atoms with Gasteiger partial charge in [-0.1, -0.05) is 0 Å². The number of rotatable bonds is 4. The zero-order chi connectivity index (χ0) is 15.4. The Bertz CT molecular complexity index is 609. The summed E-state index contributed by atoms with van der Waals surface area (Å²) in [5, 5.41) is 0. The molecule has 0 unspecified atom stereocenters. The van der Waals surface area contributed by atoms with E-state index < -0.39 is 29.9 Å². The van der Waals surface area contributed by atoms with E-state index >= 15 is 0 Å². The molecule has 0 aliphatic rings. The van der Waals surface area contributed by atoms with Gasteiger partial charge in [0.2, 0.25) is 11.8 Å². The van der Waals surface area contributed by atoms with E-state index in [4.69, 9.17) is 5.73 Å². The lowest BCUT2D eigenvalue weighted by molar-refractivity contribution is -0.125. The number of nitrogens with zero attached hydrogens (tertiary/aromatic N) is 1. The van der Waals surface area contributed by atoms with Crippen LogP contribution in [0.15, 0.2) is 48.5 Å². The summed E-state index contributed by atoms with van der Waals surface area (Å²) in [5.74, 6) is -2.28. The number of carbonyl (C=O) groups is 2. The van der Waals surface area contributed by atoms with Crippen molar-refractivity contribution in [2.75, 3.05) is 4.90 Å². The van der Waals surface area contributed by atoms with Crippen LogP contribution in [0.5, 0.6) is 0 Å². The van der Waals surface area contributed by atoms with E-state index in [1.165, 1.54) is 53.4 Å². The Hall–Kier alpha value is -2.76. The first-order valence-electron chi connectivity index (χ1n) is 6.10. The Morgan fingerprint density at radius 3 is 1.57 bits per heavy atom. The molecule has 0 radical (unpaired) electrons. The maximum absolute atomic E-state index is 13.0. The number of anilines is 2. The van der Waals surface area contributed by atoms with Gasteiger partial charge in [0.1, 0.15) is 18.1 Å². The average Bonchev–Trinajstić information content (AvgIpc) is 2.42. The van der Waals surface area contributed by atoms with Crippen LogP contribution < -0.4 is 10.6 Å². The molecule has 108 valence electrons. The van der Waals surface area contributed by atoms with Gasteiger partial charge in [-0.05, 0) is 48.5 Å². The molecule has 21 heavy (non-hydrogen) atoms. The SMILES string of the molecule is NC(=O)CC(=O)N(c1ccc(F)cc1)c1ccc(F)cc1. The van der Waals surface area contributed by atoms with Crippen molar-refractivity contribution in [1.29, 1.82) is 0 Å². The van der Waals surface area contributed by atoms with Gasteiger partial charge >= 0.3 is 0 Å². The normalized spacial score (nSPS) is 10.2. The molecule has 2 N–H and O–H groups in total. The minimum Gasteiger partial charge on any atom is -0.369 e. The highest BCUT2D eigenvalue weighted by molar-refractivity contribution is 6.08. The third-order valence-electron chi connectivity index (χ3n) is 2.74. The molecule has 0 atom stereocenters. The maximum Gasteiger partial charge on any atom is 0.240 e. The standard InChI is InChI=1S/C15H12F2N2O2/c16-10-1-5-12(6-2-10)19(15(21)9-14(18)20)13-7-3-11(17)4-8-13/h1-8H,9H2,(H2,18,20). The van der Waals surface area contributed by atoms with Crippen molar-refractivity contribution in [2.45, 2.75) is 6.42 Å². The Morgan fingerprint density at radius 2 is 1.24 bits per heavy atom. The summed E-state index contributed by atoms with van der Waals surface area (Å²) in [4.78, 5) is 24.3. The fourth-order valence-corrected chi connectivity index (χ4v) is 1.85. The molecule has 0 saturated heterocycles. The van der Waals surface area contributed by atoms with Gasteiger partial charge in [0, 0.05) is 11.4 Å². The molecule has 0 bridgehead atoms. The lowest BCUT2D eigenvalue weighted by Gasteiger charge is -2.22. The summed E-state index contributed by atoms with van der Waals surface area (Å²) in [6.45, 7) is 0. The first kappa shape index (κ1) is 14.6. The number of halogens is 2. The summed E-state index contributed by atoms with van der Waals surface area (Å²) in [5.41, 5.74) is 5.74. The Labute approximate surface area is 119 Å². The topological polar surface area (TPSA) is 63.4 Å². The van der Waals surface area contributed by atoms with Crippen molar-refractivity contribution in [2.24, 2.45) is 5.73 Å². The zero-order valence-electron chi connectivity index (χ0n) is 10.9. The number of benzene rings is 2. The van der Waals surface area contributed by atoms with Crippen LogP contribution in [-0.4, -0.2) is 11.8 Å². The number of amides is 2. The van der Waals surface area contributed by atoms with Crippen LogP contribution in [0.4, 0.5) is 20.2 Å². The van der Waals surface area contributed by atoms with Crippen molar-refractivity contribution in [3.8, 4) is 0 Å². The van der Waals surface area contributed by atoms with Crippen molar-refractivity contribution < 1.29 is 18.4 Å². The Morgan fingerprint density at radius 1 is 0.857 bits per heavy atom. The molecule has 0 saturated carbocycles. The van der Waals surface area contributed by atoms with Gasteiger partial charge in [-0.15, -0.1) is 0 Å². The van der Waals surface area contributed by atoms with E-state index in [1.54, 1.807) is 0 Å². The summed E-state index contributed by atoms with van der Waals surface area (Å²) in [7, 11) is 0. The van der Waals surface area contributed by atoms with Crippen LogP contribution in [0.1, 0.15) is 6.42 Å². The Kier molecular flexibility index (Phi) is 4.27. The lowest BCUT2D eigenvalue weighted by atomic mass is 10.2. The number of hydrogen-bond acceptors (Lipinski definition) is 2. The van der Waals surface area contributed by atoms with E-state index in [1.807, 2.05) is 0 Å². The molecule has 0 fully saturated rings. The van der Waals surface area contributed by atoms with Crippen LogP contribution in [0.25, 0.3) is 0 Å². The lowest BCUT2D eigenvalue weighted by Crippen LogP contribution is -2.30. The minimum atomic E-state index is -0.783. The molecule has 2 rings (SSSR count). The molecular weight excluding hydrogens is 278 g/mol. The van der Waals surface area contributed by atoms with Crippen molar-refractivity contribution in [3.63, 3.8) is 0 Å². The molecule has 6 heteroatoms. The molecule has 0 aromatic heterocycles. The maximum atomic E-state index is 13.0. The number of carbonyl (C=O) groups excluding carboxylic acids is 2. The van der Waals surface area contributed by atoms with Crippen LogP contribution in [0.3, 0.4) is 0 Å². The second kappa shape index (κ2) is 6.13. The largest absolute Gasteiger partial charge is 0.369 e. The van der Waals surface area contributed by atoms with Gasteiger partial charge < -0.3 is 5.73 Å². The fraction of sp³-hybridized carbons (Fsp3) is 0.0667. The molecule has 2 amide bonds. The molecule has 0 aliphatic carbocycles. The van der Waals surface area contributed by atoms with E-state index in [0.29, 0.717) is 11.4 Å². The molecule has 0 heterocycles. The highest BCUT2D eigenvalue weighted by atomic mass is 19.1. The first-order valence-corrected chi connectivity index (χ1v) is 6.10. The molecule has 0 spiro atoms. The van der Waals surface area contributed by atoms with E-state index in [2.05, 4.69) is 0 Å². The monoisotopic (exact) mass is 290 g/mol. The third kappa shape index (κ3) is 3.62. The van der Waals surface area contributed by atoms with E-state index in [-0.39, 0.29) is 0 Å². The highest BCUT2D eigenvalue weighted by Gasteiger charge is 2.19. The van der Waals surface area contributed by atoms with E-state index in [9.17, 15) is 18.4 Å². The summed E-state index contributed by atoms with van der Waals surface area (Å²) in [6.07, 6.45) is -0.505. The summed E-state index contributed by atoms with van der Waals surface area (Å²) < 4.78 is 26.0. The van der Waals surface area contributed by atoms with Gasteiger partial charge in [0.25, 0.3) is 0 Å². The van der Waals surface area contributed by atoms with Gasteiger partial charge in [-0.25, -0.2) is 8.78 Å². The van der Waals surface area contributed by atoms with Crippen LogP contribution in [0.2, 0.25) is 0 Å². The molecule has 0 aliphatic heterocycles. The fourth-order valence-electron chi connectivity index (χ4n) is 1.85. The second-order valence-electron chi connectivity index (χ2n) is 4.33. The number of primary amides is 1. The summed E-state index contributed by atoms with van der Waals surface area (Å²) >= 11 is 0. The predicted octanol–water partition coefficient (Wildman–Crippen LogP) is 2.50. The average molecular weight is 290 g/mol. The second-order valence-corrected chi connectivity index (χ2v) is 4.33. The molecule has 4 nitrogen and oxygen atoms in total. The van der Waals surface area contributed by atoms with E-state index in [0.717, 1.165) is 0 Å². The smallest absolute Gasteiger partial charge is 0.240 e. The van der Waals surface area contributed by atoms with Gasteiger partial charge in [0.15, 0.2) is 0 Å². The van der Waals surface area contributed by atoms with Crippen molar-refractivity contribution in [1.82, 2.24) is 0 Å². The third-order valence-corrected chi connectivity index (χ3v) is 2.74. The minimum absolute atomic E-state index is 0.356. The molecular formula is C15H12F2N2O2. The summed E-state index contributed by atoms with van der Waals surface area (Å²) in [6, 6.07) is 10.3. The van der Waals surface area contributed by atoms with Crippen molar-refractivity contribution in [3.05, 3.63) is 60.2 Å².